The molecule has 6 rings (SSSR count). The van der Waals surface area contributed by atoms with Crippen molar-refractivity contribution in [1.82, 2.24) is 30.4 Å². The van der Waals surface area contributed by atoms with Crippen molar-refractivity contribution in [2.75, 3.05) is 43.4 Å². The van der Waals surface area contributed by atoms with Crippen molar-refractivity contribution in [2.24, 2.45) is 0 Å². The van der Waals surface area contributed by atoms with E-state index in [0.29, 0.717) is 11.6 Å². The molecule has 3 heterocycles. The quantitative estimate of drug-likeness (QED) is 0.263. The largest absolute Gasteiger partial charge is 0.369 e. The Labute approximate surface area is 229 Å². The lowest BCUT2D eigenvalue weighted by molar-refractivity contribution is 0.313. The Balaban J connectivity index is 1.18. The number of nitrogens with zero attached hydrogens (tertiary/aromatic N) is 5. The molecule has 5 aromatic rings. The summed E-state index contributed by atoms with van der Waals surface area (Å²) in [4.78, 5) is 14.5. The predicted molar refractivity (Wildman–Crippen MR) is 158 cm³/mol. The smallest absolute Gasteiger partial charge is 0.162 e. The lowest BCUT2D eigenvalue weighted by Gasteiger charge is -2.34. The number of hydrogen-bond acceptors (Lipinski definition) is 7. The number of nitrogens with one attached hydrogen (secondary N) is 3. The van der Waals surface area contributed by atoms with Crippen LogP contribution < -0.4 is 15.5 Å². The highest BCUT2D eigenvalue weighted by Gasteiger charge is 2.15. The van der Waals surface area contributed by atoms with Gasteiger partial charge in [0.05, 0.1) is 6.20 Å². The van der Waals surface area contributed by atoms with Crippen LogP contribution in [0.5, 0.6) is 0 Å². The SMILES string of the molecule is Cc1ccc(CNCc2cccc(-c3nc(Nc4ccc(N5CCN(C)CC5)cc4)c4[nH]ncc4n3)c2)cc1. The van der Waals surface area contributed by atoms with Crippen molar-refractivity contribution < 1.29 is 0 Å². The van der Waals surface area contributed by atoms with Gasteiger partial charge in [-0.2, -0.15) is 5.10 Å². The van der Waals surface area contributed by atoms with Crippen LogP contribution in [0.2, 0.25) is 0 Å². The summed E-state index contributed by atoms with van der Waals surface area (Å²) in [5.74, 6) is 1.38. The number of anilines is 3. The average molecular weight is 519 g/mol. The highest BCUT2D eigenvalue weighted by Crippen LogP contribution is 2.27. The van der Waals surface area contributed by atoms with Gasteiger partial charge in [0.25, 0.3) is 0 Å². The Morgan fingerprint density at radius 1 is 0.846 bits per heavy atom. The second-order valence-electron chi connectivity index (χ2n) is 10.3. The summed E-state index contributed by atoms with van der Waals surface area (Å²) in [5.41, 5.74) is 8.50. The van der Waals surface area contributed by atoms with Crippen LogP contribution in [-0.4, -0.2) is 58.3 Å². The van der Waals surface area contributed by atoms with Crippen LogP contribution in [0, 0.1) is 6.92 Å². The maximum Gasteiger partial charge on any atom is 0.162 e. The van der Waals surface area contributed by atoms with Crippen LogP contribution in [0.4, 0.5) is 17.2 Å². The van der Waals surface area contributed by atoms with Gasteiger partial charge in [-0.1, -0.05) is 48.0 Å². The number of aryl methyl sites for hydroxylation is 1. The van der Waals surface area contributed by atoms with Gasteiger partial charge in [0.2, 0.25) is 0 Å². The second-order valence-corrected chi connectivity index (χ2v) is 10.3. The summed E-state index contributed by atoms with van der Waals surface area (Å²) in [6.07, 6.45) is 1.75. The zero-order valence-corrected chi connectivity index (χ0v) is 22.5. The topological polar surface area (TPSA) is 85.0 Å². The van der Waals surface area contributed by atoms with Gasteiger partial charge >= 0.3 is 0 Å². The van der Waals surface area contributed by atoms with Crippen LogP contribution in [0.3, 0.4) is 0 Å². The number of aromatic amines is 1. The van der Waals surface area contributed by atoms with Crippen LogP contribution >= 0.6 is 0 Å². The third kappa shape index (κ3) is 5.92. The number of benzene rings is 3. The minimum absolute atomic E-state index is 0.667. The molecule has 8 heteroatoms. The van der Waals surface area contributed by atoms with Crippen LogP contribution in [-0.2, 0) is 13.1 Å². The molecular weight excluding hydrogens is 484 g/mol. The van der Waals surface area contributed by atoms with E-state index in [1.54, 1.807) is 6.20 Å². The molecule has 3 aromatic carbocycles. The Morgan fingerprint density at radius 2 is 1.62 bits per heavy atom. The van der Waals surface area contributed by atoms with Crippen molar-refractivity contribution in [1.29, 1.82) is 0 Å². The van der Waals surface area contributed by atoms with E-state index in [9.17, 15) is 0 Å². The molecule has 1 saturated heterocycles. The minimum Gasteiger partial charge on any atom is -0.369 e. The van der Waals surface area contributed by atoms with Gasteiger partial charge in [-0.3, -0.25) is 5.10 Å². The van der Waals surface area contributed by atoms with Crippen molar-refractivity contribution in [3.05, 3.63) is 95.7 Å². The fourth-order valence-electron chi connectivity index (χ4n) is 4.89. The summed E-state index contributed by atoms with van der Waals surface area (Å²) in [6.45, 7) is 7.97. The molecule has 1 aliphatic heterocycles. The third-order valence-electron chi connectivity index (χ3n) is 7.26. The highest BCUT2D eigenvalue weighted by molar-refractivity contribution is 5.88. The Morgan fingerprint density at radius 3 is 2.41 bits per heavy atom. The van der Waals surface area contributed by atoms with Crippen molar-refractivity contribution >= 4 is 28.2 Å². The van der Waals surface area contributed by atoms with E-state index in [1.165, 1.54) is 22.4 Å². The Bertz CT molecular complexity index is 1530. The normalized spacial score (nSPS) is 14.2. The van der Waals surface area contributed by atoms with Crippen LogP contribution in [0.25, 0.3) is 22.4 Å². The maximum absolute atomic E-state index is 4.91. The molecule has 2 aromatic heterocycles. The number of piperazine rings is 1. The zero-order chi connectivity index (χ0) is 26.6. The number of rotatable bonds is 8. The molecule has 0 saturated carbocycles. The van der Waals surface area contributed by atoms with Gasteiger partial charge in [-0.05, 0) is 55.4 Å². The van der Waals surface area contributed by atoms with E-state index in [0.717, 1.165) is 61.6 Å². The summed E-state index contributed by atoms with van der Waals surface area (Å²) in [6, 6.07) is 25.6. The summed E-state index contributed by atoms with van der Waals surface area (Å²) >= 11 is 0. The molecule has 0 bridgehead atoms. The number of likely N-dealkylation sites (N-methyl/N-ethyl adjacent to an activating group) is 1. The molecule has 39 heavy (non-hydrogen) atoms. The van der Waals surface area contributed by atoms with Crippen LogP contribution in [0.15, 0.2) is 79.0 Å². The molecular formula is C31H34N8. The average Bonchev–Trinajstić information content (AvgIpc) is 3.45. The third-order valence-corrected chi connectivity index (χ3v) is 7.26. The molecule has 0 amide bonds. The Kier molecular flexibility index (Phi) is 7.21. The number of aromatic nitrogens is 4. The van der Waals surface area contributed by atoms with Gasteiger partial charge in [-0.15, -0.1) is 0 Å². The first kappa shape index (κ1) is 25.0. The number of hydrogen-bond donors (Lipinski definition) is 3. The minimum atomic E-state index is 0.667. The summed E-state index contributed by atoms with van der Waals surface area (Å²) < 4.78 is 0. The van der Waals surface area contributed by atoms with E-state index in [2.05, 4.69) is 117 Å². The number of fused-ring (bicyclic) bond motifs is 1. The maximum atomic E-state index is 4.91. The first-order valence-corrected chi connectivity index (χ1v) is 13.5. The fraction of sp³-hybridized carbons (Fsp3) is 0.258. The molecule has 3 N–H and O–H groups in total. The van der Waals surface area contributed by atoms with Crippen molar-refractivity contribution in [3.63, 3.8) is 0 Å². The van der Waals surface area contributed by atoms with E-state index < -0.39 is 0 Å². The summed E-state index contributed by atoms with van der Waals surface area (Å²) in [5, 5.41) is 14.3. The summed E-state index contributed by atoms with van der Waals surface area (Å²) in [7, 11) is 2.18. The predicted octanol–water partition coefficient (Wildman–Crippen LogP) is 5.11. The van der Waals surface area contributed by atoms with Gasteiger partial charge in [-0.25, -0.2) is 9.97 Å². The fourth-order valence-corrected chi connectivity index (χ4v) is 4.89. The molecule has 1 fully saturated rings. The van der Waals surface area contributed by atoms with E-state index in [1.807, 2.05) is 0 Å². The van der Waals surface area contributed by atoms with Crippen molar-refractivity contribution in [3.8, 4) is 11.4 Å². The molecule has 0 spiro atoms. The van der Waals surface area contributed by atoms with Gasteiger partial charge in [0.15, 0.2) is 11.6 Å². The van der Waals surface area contributed by atoms with Crippen molar-refractivity contribution in [2.45, 2.75) is 20.0 Å². The molecule has 0 radical (unpaired) electrons. The lowest BCUT2D eigenvalue weighted by Crippen LogP contribution is -2.44. The highest BCUT2D eigenvalue weighted by atomic mass is 15.2. The van der Waals surface area contributed by atoms with Crippen LogP contribution in [0.1, 0.15) is 16.7 Å². The first-order valence-electron chi connectivity index (χ1n) is 13.5. The molecule has 198 valence electrons. The Hall–Kier alpha value is -4.27. The van der Waals surface area contributed by atoms with Gasteiger partial charge in [0.1, 0.15) is 11.0 Å². The van der Waals surface area contributed by atoms with Gasteiger partial charge < -0.3 is 20.4 Å². The van der Waals surface area contributed by atoms with Gasteiger partial charge in [0, 0.05) is 56.2 Å². The van der Waals surface area contributed by atoms with E-state index >= 15 is 0 Å². The molecule has 8 nitrogen and oxygen atoms in total. The lowest BCUT2D eigenvalue weighted by atomic mass is 10.1. The molecule has 0 aliphatic carbocycles. The molecule has 0 unspecified atom stereocenters. The van der Waals surface area contributed by atoms with E-state index in [-0.39, 0.29) is 0 Å². The molecule has 1 aliphatic rings. The zero-order valence-electron chi connectivity index (χ0n) is 22.5. The number of H-pyrrole nitrogens is 1. The first-order chi connectivity index (χ1) is 19.1. The second kappa shape index (κ2) is 11.2. The van der Waals surface area contributed by atoms with E-state index in [4.69, 9.17) is 9.97 Å². The standard InChI is InChI=1S/C31H34N8/c1-22-6-8-23(9-7-22)19-32-20-24-4-3-5-25(18-24)30-35-28-21-33-37-29(28)31(36-30)34-26-10-12-27(13-11-26)39-16-14-38(2)15-17-39/h3-13,18,21,32H,14-17,19-20H2,1-2H3,(H,33,37)(H,34,35,36). The monoisotopic (exact) mass is 518 g/mol. The molecule has 0 atom stereocenters.